The molecular formula is C10H18O2. The fourth-order valence-corrected chi connectivity index (χ4v) is 0.727. The Balaban J connectivity index is 3.30. The SMILES string of the molecule is CC(C)=CCOC[C@H](C)CC=O. The highest BCUT2D eigenvalue weighted by atomic mass is 16.5. The van der Waals surface area contributed by atoms with Gasteiger partial charge in [0.15, 0.2) is 0 Å². The Morgan fingerprint density at radius 3 is 2.67 bits per heavy atom. The van der Waals surface area contributed by atoms with Crippen molar-refractivity contribution in [1.82, 2.24) is 0 Å². The van der Waals surface area contributed by atoms with Gasteiger partial charge in [0.1, 0.15) is 6.29 Å². The van der Waals surface area contributed by atoms with Crippen molar-refractivity contribution >= 4 is 6.29 Å². The van der Waals surface area contributed by atoms with Gasteiger partial charge in [-0.15, -0.1) is 0 Å². The predicted molar refractivity (Wildman–Crippen MR) is 50.1 cm³/mol. The topological polar surface area (TPSA) is 26.3 Å². The van der Waals surface area contributed by atoms with Gasteiger partial charge in [-0.05, 0) is 19.8 Å². The molecule has 0 amide bonds. The normalized spacial score (nSPS) is 12.2. The lowest BCUT2D eigenvalue weighted by Gasteiger charge is -2.06. The summed E-state index contributed by atoms with van der Waals surface area (Å²) in [6.07, 6.45) is 3.57. The van der Waals surface area contributed by atoms with Crippen molar-refractivity contribution in [3.63, 3.8) is 0 Å². The molecule has 0 spiro atoms. The molecule has 2 nitrogen and oxygen atoms in total. The number of allylic oxidation sites excluding steroid dienone is 1. The third-order valence-corrected chi connectivity index (χ3v) is 1.51. The first-order chi connectivity index (χ1) is 5.66. The summed E-state index contributed by atoms with van der Waals surface area (Å²) in [7, 11) is 0. The summed E-state index contributed by atoms with van der Waals surface area (Å²) in [6, 6.07) is 0. The number of ether oxygens (including phenoxy) is 1. The van der Waals surface area contributed by atoms with Crippen LogP contribution in [0, 0.1) is 5.92 Å². The van der Waals surface area contributed by atoms with Crippen molar-refractivity contribution in [3.05, 3.63) is 11.6 Å². The zero-order valence-electron chi connectivity index (χ0n) is 8.17. The molecule has 0 bridgehead atoms. The monoisotopic (exact) mass is 170 g/mol. The van der Waals surface area contributed by atoms with Gasteiger partial charge in [-0.3, -0.25) is 0 Å². The van der Waals surface area contributed by atoms with Gasteiger partial charge in [-0.2, -0.15) is 0 Å². The maximum atomic E-state index is 10.1. The van der Waals surface area contributed by atoms with E-state index in [-0.39, 0.29) is 0 Å². The molecule has 2 heteroatoms. The van der Waals surface area contributed by atoms with Crippen LogP contribution in [0.15, 0.2) is 11.6 Å². The number of aldehydes is 1. The van der Waals surface area contributed by atoms with Crippen LogP contribution in [0.25, 0.3) is 0 Å². The van der Waals surface area contributed by atoms with Gasteiger partial charge >= 0.3 is 0 Å². The number of rotatable bonds is 6. The summed E-state index contributed by atoms with van der Waals surface area (Å²) >= 11 is 0. The van der Waals surface area contributed by atoms with Crippen LogP contribution in [0.5, 0.6) is 0 Å². The van der Waals surface area contributed by atoms with Gasteiger partial charge < -0.3 is 9.53 Å². The zero-order chi connectivity index (χ0) is 9.40. The number of hydrogen-bond acceptors (Lipinski definition) is 2. The van der Waals surface area contributed by atoms with E-state index >= 15 is 0 Å². The fraction of sp³-hybridized carbons (Fsp3) is 0.700. The average Bonchev–Trinajstić information content (AvgIpc) is 1.98. The summed E-state index contributed by atoms with van der Waals surface area (Å²) in [5, 5.41) is 0. The highest BCUT2D eigenvalue weighted by Gasteiger charge is 1.99. The average molecular weight is 170 g/mol. The molecule has 0 fully saturated rings. The van der Waals surface area contributed by atoms with Gasteiger partial charge in [0, 0.05) is 13.0 Å². The molecule has 12 heavy (non-hydrogen) atoms. The van der Waals surface area contributed by atoms with E-state index in [1.165, 1.54) is 5.57 Å². The van der Waals surface area contributed by atoms with Crippen LogP contribution in [0.4, 0.5) is 0 Å². The molecule has 0 saturated carbocycles. The summed E-state index contributed by atoms with van der Waals surface area (Å²) in [5.41, 5.74) is 1.26. The third-order valence-electron chi connectivity index (χ3n) is 1.51. The number of carbonyl (C=O) groups is 1. The minimum Gasteiger partial charge on any atom is -0.377 e. The Bertz CT molecular complexity index is 146. The van der Waals surface area contributed by atoms with Gasteiger partial charge in [-0.1, -0.05) is 18.6 Å². The second-order valence-electron chi connectivity index (χ2n) is 3.33. The summed E-state index contributed by atoms with van der Waals surface area (Å²) in [4.78, 5) is 10.1. The minimum absolute atomic E-state index is 0.341. The third kappa shape index (κ3) is 7.48. The standard InChI is InChI=1S/C10H18O2/c1-9(2)5-7-12-8-10(3)4-6-11/h5-6,10H,4,7-8H2,1-3H3/t10-/m1/s1. The van der Waals surface area contributed by atoms with Crippen LogP contribution in [0.1, 0.15) is 27.2 Å². The molecule has 0 rings (SSSR count). The smallest absolute Gasteiger partial charge is 0.120 e. The molecular weight excluding hydrogens is 152 g/mol. The second-order valence-corrected chi connectivity index (χ2v) is 3.33. The Morgan fingerprint density at radius 1 is 1.50 bits per heavy atom. The second kappa shape index (κ2) is 7.04. The summed E-state index contributed by atoms with van der Waals surface area (Å²) in [6.45, 7) is 7.42. The lowest BCUT2D eigenvalue weighted by Crippen LogP contribution is -2.06. The molecule has 0 aromatic carbocycles. The van der Waals surface area contributed by atoms with Crippen LogP contribution in [0.3, 0.4) is 0 Å². The molecule has 0 radical (unpaired) electrons. The summed E-state index contributed by atoms with van der Waals surface area (Å²) < 4.78 is 5.32. The molecule has 0 N–H and O–H groups in total. The van der Waals surface area contributed by atoms with Crippen LogP contribution < -0.4 is 0 Å². The van der Waals surface area contributed by atoms with E-state index in [4.69, 9.17) is 4.74 Å². The van der Waals surface area contributed by atoms with Crippen molar-refractivity contribution in [1.29, 1.82) is 0 Å². The van der Waals surface area contributed by atoms with Crippen LogP contribution in [-0.2, 0) is 9.53 Å². The zero-order valence-corrected chi connectivity index (χ0v) is 8.17. The van der Waals surface area contributed by atoms with Crippen molar-refractivity contribution in [3.8, 4) is 0 Å². The van der Waals surface area contributed by atoms with E-state index < -0.39 is 0 Å². The number of hydrogen-bond donors (Lipinski definition) is 0. The number of carbonyl (C=O) groups excluding carboxylic acids is 1. The lowest BCUT2D eigenvalue weighted by molar-refractivity contribution is -0.108. The maximum Gasteiger partial charge on any atom is 0.120 e. The summed E-state index contributed by atoms with van der Waals surface area (Å²) in [5.74, 6) is 0.341. The van der Waals surface area contributed by atoms with Crippen molar-refractivity contribution in [2.75, 3.05) is 13.2 Å². The molecule has 0 aromatic heterocycles. The van der Waals surface area contributed by atoms with Gasteiger partial charge in [0.25, 0.3) is 0 Å². The maximum absolute atomic E-state index is 10.1. The van der Waals surface area contributed by atoms with Crippen LogP contribution in [-0.4, -0.2) is 19.5 Å². The van der Waals surface area contributed by atoms with Gasteiger partial charge in [-0.25, -0.2) is 0 Å². The Hall–Kier alpha value is -0.630. The molecule has 0 aliphatic carbocycles. The first-order valence-corrected chi connectivity index (χ1v) is 4.31. The van der Waals surface area contributed by atoms with Crippen molar-refractivity contribution in [2.24, 2.45) is 5.92 Å². The molecule has 1 atom stereocenters. The van der Waals surface area contributed by atoms with E-state index in [1.54, 1.807) is 0 Å². The predicted octanol–water partition coefficient (Wildman–Crippen LogP) is 2.19. The molecule has 0 heterocycles. The molecule has 0 aliphatic rings. The van der Waals surface area contributed by atoms with Gasteiger partial charge in [0.05, 0.1) is 6.61 Å². The largest absolute Gasteiger partial charge is 0.377 e. The highest BCUT2D eigenvalue weighted by Crippen LogP contribution is 1.99. The van der Waals surface area contributed by atoms with Crippen LogP contribution in [0.2, 0.25) is 0 Å². The van der Waals surface area contributed by atoms with E-state index in [0.717, 1.165) is 6.29 Å². The molecule has 0 saturated heterocycles. The first-order valence-electron chi connectivity index (χ1n) is 4.31. The van der Waals surface area contributed by atoms with Gasteiger partial charge in [0.2, 0.25) is 0 Å². The van der Waals surface area contributed by atoms with E-state index in [9.17, 15) is 4.79 Å². The minimum atomic E-state index is 0.341. The first kappa shape index (κ1) is 11.4. The quantitative estimate of drug-likeness (QED) is 0.347. The Morgan fingerprint density at radius 2 is 2.17 bits per heavy atom. The van der Waals surface area contributed by atoms with Crippen molar-refractivity contribution in [2.45, 2.75) is 27.2 Å². The molecule has 0 aromatic rings. The Kier molecular flexibility index (Phi) is 6.67. The van der Waals surface area contributed by atoms with Crippen LogP contribution >= 0.6 is 0 Å². The van der Waals surface area contributed by atoms with E-state index in [2.05, 4.69) is 0 Å². The van der Waals surface area contributed by atoms with E-state index in [1.807, 2.05) is 26.8 Å². The molecule has 0 aliphatic heterocycles. The van der Waals surface area contributed by atoms with Crippen molar-refractivity contribution < 1.29 is 9.53 Å². The highest BCUT2D eigenvalue weighted by molar-refractivity contribution is 5.49. The Labute approximate surface area is 74.6 Å². The fourth-order valence-electron chi connectivity index (χ4n) is 0.727. The molecule has 70 valence electrons. The van der Waals surface area contributed by atoms with E-state index in [0.29, 0.717) is 25.6 Å². The lowest BCUT2D eigenvalue weighted by atomic mass is 10.1. The molecule has 0 unspecified atom stereocenters.